The second-order valence-electron chi connectivity index (χ2n) is 5.37. The molecule has 0 bridgehead atoms. The molecule has 1 aliphatic carbocycles. The van der Waals surface area contributed by atoms with Crippen molar-refractivity contribution >= 4 is 23.2 Å². The molecule has 19 heavy (non-hydrogen) atoms. The number of hydrogen-bond donors (Lipinski definition) is 1. The smallest absolute Gasteiger partial charge is 0.0693 e. The Hall–Kier alpha value is -0.280. The van der Waals surface area contributed by atoms with Gasteiger partial charge in [-0.3, -0.25) is 0 Å². The second kappa shape index (κ2) is 6.45. The van der Waals surface area contributed by atoms with Gasteiger partial charge in [-0.2, -0.15) is 0 Å². The van der Waals surface area contributed by atoms with Crippen LogP contribution in [0, 0.1) is 0 Å². The molecular formula is C15H21Cl2NO. The molecule has 1 aromatic rings. The largest absolute Gasteiger partial charge is 0.378 e. The molecule has 1 unspecified atom stereocenters. The molecule has 1 fully saturated rings. The fourth-order valence-electron chi connectivity index (χ4n) is 2.74. The van der Waals surface area contributed by atoms with E-state index in [2.05, 4.69) is 5.32 Å². The lowest BCUT2D eigenvalue weighted by Gasteiger charge is -2.43. The first-order chi connectivity index (χ1) is 9.08. The summed E-state index contributed by atoms with van der Waals surface area (Å²) in [4.78, 5) is 0. The van der Waals surface area contributed by atoms with Gasteiger partial charge in [0, 0.05) is 23.2 Å². The maximum Gasteiger partial charge on any atom is 0.0693 e. The minimum atomic E-state index is 0.0760. The SMILES string of the molecule is CNC(Cc1ccc(Cl)cc1Cl)CC1(OC)CCC1. The lowest BCUT2D eigenvalue weighted by atomic mass is 9.75. The highest BCUT2D eigenvalue weighted by molar-refractivity contribution is 6.35. The number of hydrogen-bond acceptors (Lipinski definition) is 2. The van der Waals surface area contributed by atoms with Crippen molar-refractivity contribution in [2.75, 3.05) is 14.2 Å². The average Bonchev–Trinajstić information content (AvgIpc) is 2.35. The van der Waals surface area contributed by atoms with Crippen molar-refractivity contribution in [2.24, 2.45) is 0 Å². The number of likely N-dealkylation sites (N-methyl/N-ethyl adjacent to an activating group) is 1. The quantitative estimate of drug-likeness (QED) is 0.855. The highest BCUT2D eigenvalue weighted by Crippen LogP contribution is 2.39. The molecule has 2 nitrogen and oxygen atoms in total. The minimum Gasteiger partial charge on any atom is -0.378 e. The second-order valence-corrected chi connectivity index (χ2v) is 6.21. The number of nitrogens with one attached hydrogen (secondary N) is 1. The van der Waals surface area contributed by atoms with E-state index in [0.717, 1.165) is 36.3 Å². The van der Waals surface area contributed by atoms with Crippen LogP contribution in [0.25, 0.3) is 0 Å². The van der Waals surface area contributed by atoms with Gasteiger partial charge in [0.05, 0.1) is 5.60 Å². The Kier molecular flexibility index (Phi) is 5.13. The van der Waals surface area contributed by atoms with Gasteiger partial charge < -0.3 is 10.1 Å². The van der Waals surface area contributed by atoms with Crippen LogP contribution in [-0.2, 0) is 11.2 Å². The molecule has 4 heteroatoms. The highest BCUT2D eigenvalue weighted by Gasteiger charge is 2.38. The summed E-state index contributed by atoms with van der Waals surface area (Å²) in [5, 5.41) is 4.80. The Bertz CT molecular complexity index is 427. The highest BCUT2D eigenvalue weighted by atomic mass is 35.5. The van der Waals surface area contributed by atoms with Crippen LogP contribution in [0.3, 0.4) is 0 Å². The third kappa shape index (κ3) is 3.63. The Morgan fingerprint density at radius 3 is 2.58 bits per heavy atom. The first kappa shape index (κ1) is 15.1. The molecule has 0 saturated heterocycles. The van der Waals surface area contributed by atoms with Crippen molar-refractivity contribution in [3.8, 4) is 0 Å². The molecule has 1 saturated carbocycles. The van der Waals surface area contributed by atoms with Crippen LogP contribution in [0.5, 0.6) is 0 Å². The summed E-state index contributed by atoms with van der Waals surface area (Å²) in [7, 11) is 3.82. The molecule has 0 aliphatic heterocycles. The Morgan fingerprint density at radius 1 is 1.37 bits per heavy atom. The van der Waals surface area contributed by atoms with Gasteiger partial charge in [0.1, 0.15) is 0 Å². The van der Waals surface area contributed by atoms with E-state index in [1.54, 1.807) is 6.07 Å². The van der Waals surface area contributed by atoms with Gasteiger partial charge in [-0.25, -0.2) is 0 Å². The third-order valence-corrected chi connectivity index (χ3v) is 4.79. The molecule has 1 atom stereocenters. The molecule has 106 valence electrons. The number of benzene rings is 1. The summed E-state index contributed by atoms with van der Waals surface area (Å²) >= 11 is 12.2. The van der Waals surface area contributed by atoms with E-state index < -0.39 is 0 Å². The van der Waals surface area contributed by atoms with Gasteiger partial charge in [-0.15, -0.1) is 0 Å². The molecule has 0 radical (unpaired) electrons. The first-order valence-electron chi connectivity index (χ1n) is 6.75. The standard InChI is InChI=1S/C15H21Cl2NO/c1-18-13(10-15(19-2)6-3-7-15)8-11-4-5-12(16)9-14(11)17/h4-5,9,13,18H,3,6-8,10H2,1-2H3. The molecule has 1 aromatic carbocycles. The van der Waals surface area contributed by atoms with Crippen molar-refractivity contribution < 1.29 is 4.74 Å². The Morgan fingerprint density at radius 2 is 2.11 bits per heavy atom. The lowest BCUT2D eigenvalue weighted by molar-refractivity contribution is -0.0830. The minimum absolute atomic E-state index is 0.0760. The van der Waals surface area contributed by atoms with E-state index in [0.29, 0.717) is 11.1 Å². The average molecular weight is 302 g/mol. The fraction of sp³-hybridized carbons (Fsp3) is 0.600. The van der Waals surface area contributed by atoms with Crippen LogP contribution in [0.15, 0.2) is 18.2 Å². The normalized spacial score (nSPS) is 18.9. The maximum atomic E-state index is 6.24. The van der Waals surface area contributed by atoms with Crippen LogP contribution in [0.1, 0.15) is 31.2 Å². The van der Waals surface area contributed by atoms with Gasteiger partial charge in [-0.1, -0.05) is 29.3 Å². The van der Waals surface area contributed by atoms with E-state index in [4.69, 9.17) is 27.9 Å². The van der Waals surface area contributed by atoms with Crippen LogP contribution in [0.2, 0.25) is 10.0 Å². The van der Waals surface area contributed by atoms with Crippen LogP contribution in [0.4, 0.5) is 0 Å². The van der Waals surface area contributed by atoms with E-state index in [1.807, 2.05) is 26.3 Å². The van der Waals surface area contributed by atoms with Gasteiger partial charge >= 0.3 is 0 Å². The van der Waals surface area contributed by atoms with Gasteiger partial charge in [-0.05, 0) is 56.8 Å². The van der Waals surface area contributed by atoms with Gasteiger partial charge in [0.15, 0.2) is 0 Å². The van der Waals surface area contributed by atoms with Crippen LogP contribution in [-0.4, -0.2) is 25.8 Å². The zero-order valence-electron chi connectivity index (χ0n) is 11.5. The molecule has 1 aliphatic rings. The molecule has 0 spiro atoms. The van der Waals surface area contributed by atoms with Crippen LogP contribution < -0.4 is 5.32 Å². The zero-order valence-corrected chi connectivity index (χ0v) is 13.0. The molecule has 2 rings (SSSR count). The van der Waals surface area contributed by atoms with Crippen LogP contribution >= 0.6 is 23.2 Å². The Labute approximate surface area is 125 Å². The molecule has 1 N–H and O–H groups in total. The predicted molar refractivity (Wildman–Crippen MR) is 81.2 cm³/mol. The summed E-state index contributed by atoms with van der Waals surface area (Å²) in [6.45, 7) is 0. The van der Waals surface area contributed by atoms with Crippen molar-refractivity contribution in [3.05, 3.63) is 33.8 Å². The van der Waals surface area contributed by atoms with E-state index in [-0.39, 0.29) is 5.60 Å². The summed E-state index contributed by atoms with van der Waals surface area (Å²) in [5.41, 5.74) is 1.21. The van der Waals surface area contributed by atoms with Gasteiger partial charge in [0.25, 0.3) is 0 Å². The van der Waals surface area contributed by atoms with Crippen molar-refractivity contribution in [1.82, 2.24) is 5.32 Å². The monoisotopic (exact) mass is 301 g/mol. The fourth-order valence-corrected chi connectivity index (χ4v) is 3.23. The zero-order chi connectivity index (χ0) is 13.9. The van der Waals surface area contributed by atoms with E-state index in [1.165, 1.54) is 6.42 Å². The Balaban J connectivity index is 2.02. The van der Waals surface area contributed by atoms with Crippen molar-refractivity contribution in [3.63, 3.8) is 0 Å². The predicted octanol–water partition coefficient (Wildman–Crippen LogP) is 4.08. The number of methoxy groups -OCH3 is 1. The summed E-state index contributed by atoms with van der Waals surface area (Å²) in [6.07, 6.45) is 5.52. The molecule has 0 heterocycles. The topological polar surface area (TPSA) is 21.3 Å². The van der Waals surface area contributed by atoms with E-state index in [9.17, 15) is 0 Å². The summed E-state index contributed by atoms with van der Waals surface area (Å²) < 4.78 is 5.70. The number of rotatable bonds is 6. The van der Waals surface area contributed by atoms with Gasteiger partial charge in [0.2, 0.25) is 0 Å². The first-order valence-corrected chi connectivity index (χ1v) is 7.50. The third-order valence-electron chi connectivity index (χ3n) is 4.21. The lowest BCUT2D eigenvalue weighted by Crippen LogP contribution is -2.45. The maximum absolute atomic E-state index is 6.24. The van der Waals surface area contributed by atoms with Crippen molar-refractivity contribution in [1.29, 1.82) is 0 Å². The molecule has 0 aromatic heterocycles. The molecular weight excluding hydrogens is 281 g/mol. The summed E-state index contributed by atoms with van der Waals surface area (Å²) in [6, 6.07) is 6.08. The molecule has 0 amide bonds. The number of ether oxygens (including phenoxy) is 1. The number of halogens is 2. The summed E-state index contributed by atoms with van der Waals surface area (Å²) in [5.74, 6) is 0. The van der Waals surface area contributed by atoms with Crippen molar-refractivity contribution in [2.45, 2.75) is 43.7 Å². The van der Waals surface area contributed by atoms with E-state index >= 15 is 0 Å².